The molecule has 0 aliphatic heterocycles. The largest absolute Gasteiger partial charge is 0.399 e. The SMILES string of the molecule is CCOC(CO)OCCSC(=O)c1ccc(N)cc1. The van der Waals surface area contributed by atoms with Gasteiger partial charge >= 0.3 is 0 Å². The zero-order valence-corrected chi connectivity index (χ0v) is 11.7. The van der Waals surface area contributed by atoms with Gasteiger partial charge in [0.15, 0.2) is 6.29 Å². The average Bonchev–Trinajstić information content (AvgIpc) is 2.42. The van der Waals surface area contributed by atoms with Gasteiger partial charge in [-0.2, -0.15) is 0 Å². The molecular formula is C13H19NO4S. The second kappa shape index (κ2) is 8.92. The van der Waals surface area contributed by atoms with Gasteiger partial charge in [0.25, 0.3) is 0 Å². The number of benzene rings is 1. The van der Waals surface area contributed by atoms with E-state index in [1.807, 2.05) is 6.92 Å². The molecule has 0 heterocycles. The molecule has 0 fully saturated rings. The van der Waals surface area contributed by atoms with Crippen LogP contribution >= 0.6 is 11.8 Å². The third-order valence-electron chi connectivity index (χ3n) is 2.27. The first-order valence-electron chi connectivity index (χ1n) is 6.04. The fourth-order valence-electron chi connectivity index (χ4n) is 1.36. The summed E-state index contributed by atoms with van der Waals surface area (Å²) in [6.07, 6.45) is -0.614. The standard InChI is InChI=1S/C13H19NO4S/c1-2-17-12(9-15)18-7-8-19-13(16)10-3-5-11(14)6-4-10/h3-6,12,15H,2,7-9,14H2,1H3. The lowest BCUT2D eigenvalue weighted by molar-refractivity contribution is -0.156. The van der Waals surface area contributed by atoms with Crippen LogP contribution in [0.1, 0.15) is 17.3 Å². The minimum atomic E-state index is -0.614. The van der Waals surface area contributed by atoms with Crippen LogP contribution in [0.2, 0.25) is 0 Å². The van der Waals surface area contributed by atoms with Crippen LogP contribution < -0.4 is 5.73 Å². The highest BCUT2D eigenvalue weighted by Crippen LogP contribution is 2.14. The zero-order valence-electron chi connectivity index (χ0n) is 10.9. The predicted molar refractivity (Wildman–Crippen MR) is 76.1 cm³/mol. The Labute approximate surface area is 117 Å². The van der Waals surface area contributed by atoms with Gasteiger partial charge in [-0.1, -0.05) is 11.8 Å². The number of aliphatic hydroxyl groups is 1. The van der Waals surface area contributed by atoms with Crippen molar-refractivity contribution in [3.8, 4) is 0 Å². The van der Waals surface area contributed by atoms with E-state index < -0.39 is 6.29 Å². The number of nitrogen functional groups attached to an aromatic ring is 1. The molecule has 0 aromatic heterocycles. The van der Waals surface area contributed by atoms with Crippen molar-refractivity contribution < 1.29 is 19.4 Å². The maximum Gasteiger partial charge on any atom is 0.219 e. The van der Waals surface area contributed by atoms with Gasteiger partial charge in [-0.15, -0.1) is 0 Å². The first-order valence-corrected chi connectivity index (χ1v) is 7.02. The van der Waals surface area contributed by atoms with E-state index in [0.717, 1.165) is 11.8 Å². The topological polar surface area (TPSA) is 81.8 Å². The summed E-state index contributed by atoms with van der Waals surface area (Å²) < 4.78 is 10.4. The number of rotatable bonds is 8. The Morgan fingerprint density at radius 2 is 2.05 bits per heavy atom. The number of thioether (sulfide) groups is 1. The Morgan fingerprint density at radius 3 is 2.63 bits per heavy atom. The van der Waals surface area contributed by atoms with Gasteiger partial charge in [-0.05, 0) is 31.2 Å². The molecule has 0 aliphatic rings. The number of hydrogen-bond donors (Lipinski definition) is 2. The molecule has 19 heavy (non-hydrogen) atoms. The summed E-state index contributed by atoms with van der Waals surface area (Å²) in [5.74, 6) is 0.507. The third-order valence-corrected chi connectivity index (χ3v) is 3.14. The van der Waals surface area contributed by atoms with Crippen LogP contribution in [0.5, 0.6) is 0 Å². The maximum atomic E-state index is 11.8. The summed E-state index contributed by atoms with van der Waals surface area (Å²) in [6, 6.07) is 6.78. The molecule has 0 spiro atoms. The average molecular weight is 285 g/mol. The van der Waals surface area contributed by atoms with Crippen molar-refractivity contribution >= 4 is 22.6 Å². The van der Waals surface area contributed by atoms with Crippen molar-refractivity contribution in [3.05, 3.63) is 29.8 Å². The van der Waals surface area contributed by atoms with Crippen LogP contribution in [0.3, 0.4) is 0 Å². The van der Waals surface area contributed by atoms with E-state index in [1.165, 1.54) is 0 Å². The highest BCUT2D eigenvalue weighted by Gasteiger charge is 2.09. The molecule has 6 heteroatoms. The summed E-state index contributed by atoms with van der Waals surface area (Å²) in [5.41, 5.74) is 6.80. The number of carbonyl (C=O) groups is 1. The summed E-state index contributed by atoms with van der Waals surface area (Å²) in [4.78, 5) is 11.8. The molecule has 3 N–H and O–H groups in total. The lowest BCUT2D eigenvalue weighted by Crippen LogP contribution is -2.22. The fraction of sp³-hybridized carbons (Fsp3) is 0.462. The second-order valence-electron chi connectivity index (χ2n) is 3.70. The zero-order chi connectivity index (χ0) is 14.1. The van der Waals surface area contributed by atoms with Crippen LogP contribution in [-0.4, -0.2) is 42.1 Å². The first-order chi connectivity index (χ1) is 9.17. The number of carbonyl (C=O) groups excluding carboxylic acids is 1. The second-order valence-corrected chi connectivity index (χ2v) is 4.76. The Morgan fingerprint density at radius 1 is 1.37 bits per heavy atom. The van der Waals surface area contributed by atoms with E-state index in [0.29, 0.717) is 30.2 Å². The Balaban J connectivity index is 2.25. The van der Waals surface area contributed by atoms with Crippen molar-refractivity contribution in [1.82, 2.24) is 0 Å². The molecule has 1 atom stereocenters. The molecule has 1 unspecified atom stereocenters. The number of nitrogens with two attached hydrogens (primary N) is 1. The summed E-state index contributed by atoms with van der Waals surface area (Å²) in [6.45, 7) is 2.45. The van der Waals surface area contributed by atoms with Crippen molar-refractivity contribution in [2.45, 2.75) is 13.2 Å². The Hall–Kier alpha value is -1.08. The van der Waals surface area contributed by atoms with Gasteiger partial charge in [0, 0.05) is 23.6 Å². The number of aliphatic hydroxyl groups excluding tert-OH is 1. The van der Waals surface area contributed by atoms with Gasteiger partial charge in [0.1, 0.15) is 0 Å². The van der Waals surface area contributed by atoms with E-state index in [-0.39, 0.29) is 11.7 Å². The molecule has 0 radical (unpaired) electrons. The van der Waals surface area contributed by atoms with E-state index in [2.05, 4.69) is 0 Å². The van der Waals surface area contributed by atoms with Crippen LogP contribution in [0, 0.1) is 0 Å². The van der Waals surface area contributed by atoms with Crippen LogP contribution in [0.25, 0.3) is 0 Å². The third kappa shape index (κ3) is 6.07. The summed E-state index contributed by atoms with van der Waals surface area (Å²) >= 11 is 1.16. The number of anilines is 1. The molecule has 0 saturated heterocycles. The lowest BCUT2D eigenvalue weighted by Gasteiger charge is -2.14. The lowest BCUT2D eigenvalue weighted by atomic mass is 10.2. The number of ether oxygens (including phenoxy) is 2. The highest BCUT2D eigenvalue weighted by molar-refractivity contribution is 8.14. The minimum Gasteiger partial charge on any atom is -0.399 e. The van der Waals surface area contributed by atoms with E-state index in [9.17, 15) is 4.79 Å². The van der Waals surface area contributed by atoms with Crippen LogP contribution in [0.4, 0.5) is 5.69 Å². The van der Waals surface area contributed by atoms with E-state index >= 15 is 0 Å². The Bertz CT molecular complexity index is 383. The molecule has 0 saturated carbocycles. The molecule has 5 nitrogen and oxygen atoms in total. The Kier molecular flexibility index (Phi) is 7.50. The predicted octanol–water partition coefficient (Wildman–Crippen LogP) is 1.51. The summed E-state index contributed by atoms with van der Waals surface area (Å²) in [5, 5.41) is 8.91. The van der Waals surface area contributed by atoms with Gasteiger partial charge in [0.05, 0.1) is 13.2 Å². The quantitative estimate of drug-likeness (QED) is 0.428. The van der Waals surface area contributed by atoms with Crippen LogP contribution in [0.15, 0.2) is 24.3 Å². The monoisotopic (exact) mass is 285 g/mol. The molecule has 0 bridgehead atoms. The molecule has 1 aromatic rings. The molecule has 0 amide bonds. The molecule has 106 valence electrons. The molecule has 1 aromatic carbocycles. The fourth-order valence-corrected chi connectivity index (χ4v) is 2.02. The number of hydrogen-bond acceptors (Lipinski definition) is 6. The first kappa shape index (κ1) is 16.0. The van der Waals surface area contributed by atoms with E-state index in [4.69, 9.17) is 20.3 Å². The molecule has 0 aliphatic carbocycles. The van der Waals surface area contributed by atoms with Crippen molar-refractivity contribution in [1.29, 1.82) is 0 Å². The van der Waals surface area contributed by atoms with Gasteiger partial charge in [-0.3, -0.25) is 4.79 Å². The van der Waals surface area contributed by atoms with Gasteiger partial charge < -0.3 is 20.3 Å². The minimum absolute atomic E-state index is 0.0273. The smallest absolute Gasteiger partial charge is 0.219 e. The molecule has 1 rings (SSSR count). The summed E-state index contributed by atoms with van der Waals surface area (Å²) in [7, 11) is 0. The van der Waals surface area contributed by atoms with Crippen molar-refractivity contribution in [2.75, 3.05) is 31.3 Å². The normalized spacial score (nSPS) is 12.3. The van der Waals surface area contributed by atoms with Crippen molar-refractivity contribution in [3.63, 3.8) is 0 Å². The highest BCUT2D eigenvalue weighted by atomic mass is 32.2. The van der Waals surface area contributed by atoms with E-state index in [1.54, 1.807) is 24.3 Å². The van der Waals surface area contributed by atoms with Gasteiger partial charge in [0.2, 0.25) is 5.12 Å². The molecular weight excluding hydrogens is 266 g/mol. The van der Waals surface area contributed by atoms with Crippen LogP contribution in [-0.2, 0) is 9.47 Å². The maximum absolute atomic E-state index is 11.8. The van der Waals surface area contributed by atoms with Gasteiger partial charge in [-0.25, -0.2) is 0 Å². The van der Waals surface area contributed by atoms with Crippen molar-refractivity contribution in [2.24, 2.45) is 0 Å².